The number of carbonyl (C=O) groups excluding carboxylic acids is 1. The lowest BCUT2D eigenvalue weighted by Gasteiger charge is -2.15. The number of hydrogen-bond acceptors (Lipinski definition) is 6. The molecule has 2 atom stereocenters. The van der Waals surface area contributed by atoms with Crippen molar-refractivity contribution in [3.05, 3.63) is 22.7 Å². The summed E-state index contributed by atoms with van der Waals surface area (Å²) in [5.41, 5.74) is 5.01. The lowest BCUT2D eigenvalue weighted by Crippen LogP contribution is -2.28. The summed E-state index contributed by atoms with van der Waals surface area (Å²) in [6.07, 6.45) is 3.62. The lowest BCUT2D eigenvalue weighted by atomic mass is 10.2. The summed E-state index contributed by atoms with van der Waals surface area (Å²) in [5.74, 6) is -0.0276. The number of anilines is 1. The predicted octanol–water partition coefficient (Wildman–Crippen LogP) is 0.846. The standard InChI is InChI=1S/C13H19N3O4/c1-2-3-12(17)19-8-9-4-5-11(20-9)16-7-6-10(14)15-13(16)18/h6-7,9,11H,2-5,8H2,1H3,(H2,14,15,18)/t9-,11+/m0/s1. The van der Waals surface area contributed by atoms with E-state index in [9.17, 15) is 9.59 Å². The van der Waals surface area contributed by atoms with Gasteiger partial charge in [-0.3, -0.25) is 9.36 Å². The third-order valence-electron chi connectivity index (χ3n) is 3.13. The van der Waals surface area contributed by atoms with Gasteiger partial charge in [0.05, 0.1) is 6.10 Å². The molecule has 2 heterocycles. The normalized spacial score (nSPS) is 21.9. The predicted molar refractivity (Wildman–Crippen MR) is 71.9 cm³/mol. The number of nitrogens with zero attached hydrogens (tertiary/aromatic N) is 2. The van der Waals surface area contributed by atoms with Crippen LogP contribution in [0.5, 0.6) is 0 Å². The molecule has 7 nitrogen and oxygen atoms in total. The molecule has 1 fully saturated rings. The number of rotatable bonds is 5. The first-order valence-electron chi connectivity index (χ1n) is 6.76. The zero-order chi connectivity index (χ0) is 14.5. The van der Waals surface area contributed by atoms with Crippen LogP contribution in [0.3, 0.4) is 0 Å². The van der Waals surface area contributed by atoms with Crippen LogP contribution in [-0.2, 0) is 14.3 Å². The number of esters is 1. The van der Waals surface area contributed by atoms with Gasteiger partial charge < -0.3 is 15.2 Å². The number of aromatic nitrogens is 2. The Labute approximate surface area is 116 Å². The lowest BCUT2D eigenvalue weighted by molar-refractivity contribution is -0.148. The molecule has 7 heteroatoms. The van der Waals surface area contributed by atoms with Crippen molar-refractivity contribution >= 4 is 11.8 Å². The molecule has 1 aromatic rings. The Balaban J connectivity index is 1.89. The first kappa shape index (κ1) is 14.5. The molecule has 0 spiro atoms. The minimum absolute atomic E-state index is 0.176. The molecular formula is C13H19N3O4. The Hall–Kier alpha value is -1.89. The molecule has 20 heavy (non-hydrogen) atoms. The van der Waals surface area contributed by atoms with Crippen molar-refractivity contribution < 1.29 is 14.3 Å². The Morgan fingerprint density at radius 2 is 2.40 bits per heavy atom. The zero-order valence-electron chi connectivity index (χ0n) is 11.4. The average Bonchev–Trinajstić information content (AvgIpc) is 2.85. The monoisotopic (exact) mass is 281 g/mol. The molecule has 1 aliphatic heterocycles. The van der Waals surface area contributed by atoms with E-state index in [0.717, 1.165) is 12.8 Å². The molecule has 1 saturated heterocycles. The van der Waals surface area contributed by atoms with E-state index in [4.69, 9.17) is 15.2 Å². The Morgan fingerprint density at radius 1 is 1.60 bits per heavy atom. The fraction of sp³-hybridized carbons (Fsp3) is 0.615. The molecule has 0 unspecified atom stereocenters. The largest absolute Gasteiger partial charge is 0.463 e. The van der Waals surface area contributed by atoms with Gasteiger partial charge in [-0.15, -0.1) is 0 Å². The summed E-state index contributed by atoms with van der Waals surface area (Å²) in [7, 11) is 0. The van der Waals surface area contributed by atoms with Crippen molar-refractivity contribution in [1.29, 1.82) is 0 Å². The molecule has 1 aromatic heterocycles. The van der Waals surface area contributed by atoms with Crippen molar-refractivity contribution in [3.63, 3.8) is 0 Å². The highest BCUT2D eigenvalue weighted by Crippen LogP contribution is 2.27. The highest BCUT2D eigenvalue weighted by atomic mass is 16.6. The van der Waals surface area contributed by atoms with E-state index in [0.29, 0.717) is 12.8 Å². The maximum atomic E-state index is 11.7. The van der Waals surface area contributed by atoms with Gasteiger partial charge in [-0.2, -0.15) is 4.98 Å². The van der Waals surface area contributed by atoms with Crippen LogP contribution in [-0.4, -0.2) is 28.2 Å². The van der Waals surface area contributed by atoms with Crippen molar-refractivity contribution in [2.45, 2.75) is 44.9 Å². The van der Waals surface area contributed by atoms with E-state index in [2.05, 4.69) is 4.98 Å². The molecular weight excluding hydrogens is 262 g/mol. The fourth-order valence-corrected chi connectivity index (χ4v) is 2.12. The summed E-state index contributed by atoms with van der Waals surface area (Å²) in [5, 5.41) is 0. The molecule has 0 aliphatic carbocycles. The SMILES string of the molecule is CCCC(=O)OC[C@@H]1CC[C@H](n2ccc(N)nc2=O)O1. The first-order chi connectivity index (χ1) is 9.60. The molecule has 0 radical (unpaired) electrons. The molecule has 2 N–H and O–H groups in total. The molecule has 0 saturated carbocycles. The van der Waals surface area contributed by atoms with E-state index in [1.807, 2.05) is 6.92 Å². The Morgan fingerprint density at radius 3 is 3.10 bits per heavy atom. The van der Waals surface area contributed by atoms with Gasteiger partial charge in [-0.1, -0.05) is 6.92 Å². The molecule has 0 aromatic carbocycles. The van der Waals surface area contributed by atoms with Crippen LogP contribution in [0.4, 0.5) is 5.82 Å². The smallest absolute Gasteiger partial charge is 0.351 e. The van der Waals surface area contributed by atoms with Crippen molar-refractivity contribution in [2.24, 2.45) is 0 Å². The van der Waals surface area contributed by atoms with Crippen LogP contribution in [0.15, 0.2) is 17.1 Å². The van der Waals surface area contributed by atoms with E-state index >= 15 is 0 Å². The Bertz CT molecular complexity index is 529. The second-order valence-corrected chi connectivity index (χ2v) is 4.77. The summed E-state index contributed by atoms with van der Waals surface area (Å²) in [6.45, 7) is 2.15. The van der Waals surface area contributed by atoms with Crippen LogP contribution in [0.25, 0.3) is 0 Å². The van der Waals surface area contributed by atoms with Gasteiger partial charge in [0.15, 0.2) is 0 Å². The summed E-state index contributed by atoms with van der Waals surface area (Å²) in [6, 6.07) is 1.55. The van der Waals surface area contributed by atoms with Crippen LogP contribution in [0.2, 0.25) is 0 Å². The first-order valence-corrected chi connectivity index (χ1v) is 6.76. The van der Waals surface area contributed by atoms with E-state index in [-0.39, 0.29) is 30.7 Å². The number of hydrogen-bond donors (Lipinski definition) is 1. The van der Waals surface area contributed by atoms with E-state index in [1.165, 1.54) is 4.57 Å². The second kappa shape index (κ2) is 6.51. The maximum absolute atomic E-state index is 11.7. The minimum Gasteiger partial charge on any atom is -0.463 e. The van der Waals surface area contributed by atoms with Gasteiger partial charge in [0.25, 0.3) is 0 Å². The molecule has 0 bridgehead atoms. The maximum Gasteiger partial charge on any atom is 0.351 e. The topological polar surface area (TPSA) is 96.4 Å². The third-order valence-corrected chi connectivity index (χ3v) is 3.13. The fourth-order valence-electron chi connectivity index (χ4n) is 2.12. The highest BCUT2D eigenvalue weighted by molar-refractivity contribution is 5.69. The van der Waals surface area contributed by atoms with Gasteiger partial charge in [0.2, 0.25) is 0 Å². The number of nitrogen functional groups attached to an aromatic ring is 1. The Kier molecular flexibility index (Phi) is 4.73. The minimum atomic E-state index is -0.432. The summed E-state index contributed by atoms with van der Waals surface area (Å²) < 4.78 is 12.2. The number of carbonyl (C=O) groups is 1. The number of nitrogens with two attached hydrogens (primary N) is 1. The van der Waals surface area contributed by atoms with Crippen molar-refractivity contribution in [1.82, 2.24) is 9.55 Å². The quantitative estimate of drug-likeness (QED) is 0.804. The third kappa shape index (κ3) is 3.57. The highest BCUT2D eigenvalue weighted by Gasteiger charge is 2.28. The van der Waals surface area contributed by atoms with Crippen molar-refractivity contribution in [3.8, 4) is 0 Å². The molecule has 0 amide bonds. The molecule has 110 valence electrons. The van der Waals surface area contributed by atoms with Gasteiger partial charge >= 0.3 is 11.7 Å². The van der Waals surface area contributed by atoms with Gasteiger partial charge in [0.1, 0.15) is 18.7 Å². The summed E-state index contributed by atoms with van der Waals surface area (Å²) >= 11 is 0. The van der Waals surface area contributed by atoms with Crippen LogP contribution in [0.1, 0.15) is 38.8 Å². The summed E-state index contributed by atoms with van der Waals surface area (Å²) in [4.78, 5) is 26.6. The molecule has 2 rings (SSSR count). The average molecular weight is 281 g/mol. The van der Waals surface area contributed by atoms with Gasteiger partial charge in [-0.05, 0) is 25.3 Å². The van der Waals surface area contributed by atoms with Crippen LogP contribution < -0.4 is 11.4 Å². The van der Waals surface area contributed by atoms with Gasteiger partial charge in [-0.25, -0.2) is 4.79 Å². The van der Waals surface area contributed by atoms with Gasteiger partial charge in [0, 0.05) is 12.6 Å². The number of ether oxygens (including phenoxy) is 2. The van der Waals surface area contributed by atoms with E-state index in [1.54, 1.807) is 12.3 Å². The van der Waals surface area contributed by atoms with Crippen molar-refractivity contribution in [2.75, 3.05) is 12.3 Å². The molecule has 1 aliphatic rings. The second-order valence-electron chi connectivity index (χ2n) is 4.77. The van der Waals surface area contributed by atoms with E-state index < -0.39 is 5.69 Å². The zero-order valence-corrected chi connectivity index (χ0v) is 11.4. The van der Waals surface area contributed by atoms with Crippen LogP contribution >= 0.6 is 0 Å². The van der Waals surface area contributed by atoms with Crippen LogP contribution in [0, 0.1) is 0 Å².